The fourth-order valence-corrected chi connectivity index (χ4v) is 4.36. The van der Waals surface area contributed by atoms with Crippen molar-refractivity contribution < 1.29 is 9.18 Å². The maximum Gasteiger partial charge on any atom is 0.265 e. The van der Waals surface area contributed by atoms with Crippen molar-refractivity contribution >= 4 is 22.4 Å². The lowest BCUT2D eigenvalue weighted by Gasteiger charge is -2.32. The largest absolute Gasteiger partial charge is 0.375 e. The first-order valence-corrected chi connectivity index (χ1v) is 9.68. The SMILES string of the molecule is CCc1nc(N)sc1C(=O)N1CCC[C@H](CCc2ccccc2F)C1. The predicted molar refractivity (Wildman–Crippen MR) is 99.3 cm³/mol. The summed E-state index contributed by atoms with van der Waals surface area (Å²) < 4.78 is 13.8. The van der Waals surface area contributed by atoms with Gasteiger partial charge in [-0.3, -0.25) is 4.79 Å². The Bertz CT molecular complexity index is 746. The number of nitrogens with two attached hydrogens (primary N) is 1. The predicted octanol–water partition coefficient (Wildman–Crippen LogP) is 3.91. The third-order valence-corrected chi connectivity index (χ3v) is 5.74. The van der Waals surface area contributed by atoms with Gasteiger partial charge in [0.2, 0.25) is 0 Å². The summed E-state index contributed by atoms with van der Waals surface area (Å²) in [6.45, 7) is 3.49. The third kappa shape index (κ3) is 4.18. The highest BCUT2D eigenvalue weighted by molar-refractivity contribution is 7.17. The van der Waals surface area contributed by atoms with E-state index in [2.05, 4.69) is 4.98 Å². The summed E-state index contributed by atoms with van der Waals surface area (Å²) in [5, 5.41) is 0.452. The third-order valence-electron chi connectivity index (χ3n) is 4.83. The highest BCUT2D eigenvalue weighted by atomic mass is 32.1. The maximum absolute atomic E-state index is 13.8. The van der Waals surface area contributed by atoms with Gasteiger partial charge in [-0.2, -0.15) is 0 Å². The highest BCUT2D eigenvalue weighted by Crippen LogP contribution is 2.27. The number of rotatable bonds is 5. The van der Waals surface area contributed by atoms with Crippen LogP contribution in [-0.2, 0) is 12.8 Å². The molecule has 0 aliphatic carbocycles. The Morgan fingerprint density at radius 2 is 2.24 bits per heavy atom. The van der Waals surface area contributed by atoms with Gasteiger partial charge in [0.15, 0.2) is 5.13 Å². The molecule has 1 saturated heterocycles. The lowest BCUT2D eigenvalue weighted by molar-refractivity contribution is 0.0672. The fraction of sp³-hybridized carbons (Fsp3) is 0.474. The quantitative estimate of drug-likeness (QED) is 0.878. The van der Waals surface area contributed by atoms with Gasteiger partial charge < -0.3 is 10.6 Å². The Hall–Kier alpha value is -1.95. The number of likely N-dealkylation sites (tertiary alicyclic amines) is 1. The number of halogens is 1. The van der Waals surface area contributed by atoms with Gasteiger partial charge in [0, 0.05) is 13.1 Å². The molecule has 1 aliphatic heterocycles. The lowest BCUT2D eigenvalue weighted by Crippen LogP contribution is -2.40. The zero-order valence-electron chi connectivity index (χ0n) is 14.5. The van der Waals surface area contributed by atoms with Crippen LogP contribution in [0.25, 0.3) is 0 Å². The van der Waals surface area contributed by atoms with E-state index in [1.54, 1.807) is 6.07 Å². The first kappa shape index (κ1) is 17.9. The number of aromatic nitrogens is 1. The summed E-state index contributed by atoms with van der Waals surface area (Å²) in [5.74, 6) is 0.313. The molecule has 1 fully saturated rings. The van der Waals surface area contributed by atoms with Crippen LogP contribution in [0.3, 0.4) is 0 Å². The van der Waals surface area contributed by atoms with Gasteiger partial charge in [0.05, 0.1) is 5.69 Å². The average Bonchev–Trinajstić information content (AvgIpc) is 3.01. The number of nitrogens with zero attached hydrogens (tertiary/aromatic N) is 2. The molecule has 0 radical (unpaired) electrons. The van der Waals surface area contributed by atoms with E-state index in [0.29, 0.717) is 28.8 Å². The second kappa shape index (κ2) is 7.95. The molecule has 134 valence electrons. The second-order valence-electron chi connectivity index (χ2n) is 6.57. The zero-order chi connectivity index (χ0) is 17.8. The van der Waals surface area contributed by atoms with Gasteiger partial charge in [-0.1, -0.05) is 36.5 Å². The normalized spacial score (nSPS) is 17.7. The zero-order valence-corrected chi connectivity index (χ0v) is 15.3. The number of benzene rings is 1. The van der Waals surface area contributed by atoms with E-state index in [1.807, 2.05) is 24.0 Å². The molecule has 2 aromatic rings. The minimum Gasteiger partial charge on any atom is -0.375 e. The number of anilines is 1. The van der Waals surface area contributed by atoms with Crippen molar-refractivity contribution in [1.29, 1.82) is 0 Å². The Kier molecular flexibility index (Phi) is 5.68. The molecule has 0 unspecified atom stereocenters. The molecule has 1 aromatic carbocycles. The van der Waals surface area contributed by atoms with E-state index < -0.39 is 0 Å². The number of hydrogen-bond donors (Lipinski definition) is 1. The number of thiazole rings is 1. The van der Waals surface area contributed by atoms with Crippen LogP contribution in [0, 0.1) is 11.7 Å². The topological polar surface area (TPSA) is 59.2 Å². The Morgan fingerprint density at radius 3 is 3.00 bits per heavy atom. The Labute approximate surface area is 151 Å². The molecular weight excluding hydrogens is 337 g/mol. The smallest absolute Gasteiger partial charge is 0.265 e. The van der Waals surface area contributed by atoms with Crippen LogP contribution in [-0.4, -0.2) is 28.9 Å². The summed E-state index contributed by atoms with van der Waals surface area (Å²) in [4.78, 5) is 19.7. The number of nitrogen functional groups attached to an aromatic ring is 1. The number of piperidine rings is 1. The monoisotopic (exact) mass is 361 g/mol. The van der Waals surface area contributed by atoms with Crippen LogP contribution in [0.4, 0.5) is 9.52 Å². The van der Waals surface area contributed by atoms with E-state index in [-0.39, 0.29) is 11.7 Å². The molecular formula is C19H24FN3OS. The molecule has 1 atom stereocenters. The van der Waals surface area contributed by atoms with Crippen molar-refractivity contribution in [2.24, 2.45) is 5.92 Å². The molecule has 2 N–H and O–H groups in total. The Balaban J connectivity index is 1.62. The lowest BCUT2D eigenvalue weighted by atomic mass is 9.91. The summed E-state index contributed by atoms with van der Waals surface area (Å²) in [7, 11) is 0. The fourth-order valence-electron chi connectivity index (χ4n) is 3.47. The van der Waals surface area contributed by atoms with E-state index in [9.17, 15) is 9.18 Å². The van der Waals surface area contributed by atoms with Crippen molar-refractivity contribution in [2.45, 2.75) is 39.0 Å². The Morgan fingerprint density at radius 1 is 1.44 bits per heavy atom. The molecule has 0 spiro atoms. The molecule has 6 heteroatoms. The van der Waals surface area contributed by atoms with Crippen LogP contribution < -0.4 is 5.73 Å². The number of amides is 1. The summed E-state index contributed by atoms with van der Waals surface area (Å²) in [6, 6.07) is 6.93. The van der Waals surface area contributed by atoms with Crippen molar-refractivity contribution in [1.82, 2.24) is 9.88 Å². The molecule has 4 nitrogen and oxygen atoms in total. The summed E-state index contributed by atoms with van der Waals surface area (Å²) >= 11 is 1.28. The van der Waals surface area contributed by atoms with Gasteiger partial charge in [0.25, 0.3) is 5.91 Å². The molecule has 2 heterocycles. The average molecular weight is 361 g/mol. The summed E-state index contributed by atoms with van der Waals surface area (Å²) in [6.07, 6.45) is 4.40. The van der Waals surface area contributed by atoms with Crippen molar-refractivity contribution in [2.75, 3.05) is 18.8 Å². The molecule has 3 rings (SSSR count). The minimum atomic E-state index is -0.140. The van der Waals surface area contributed by atoms with Crippen molar-refractivity contribution in [3.63, 3.8) is 0 Å². The molecule has 1 aromatic heterocycles. The van der Waals surface area contributed by atoms with Crippen LogP contribution >= 0.6 is 11.3 Å². The molecule has 1 aliphatic rings. The van der Waals surface area contributed by atoms with E-state index >= 15 is 0 Å². The summed E-state index contributed by atoms with van der Waals surface area (Å²) in [5.41, 5.74) is 7.33. The first-order chi connectivity index (χ1) is 12.1. The molecule has 25 heavy (non-hydrogen) atoms. The number of hydrogen-bond acceptors (Lipinski definition) is 4. The van der Waals surface area contributed by atoms with Crippen LogP contribution in [0.1, 0.15) is 47.1 Å². The maximum atomic E-state index is 13.8. The number of aryl methyl sites for hydroxylation is 2. The van der Waals surface area contributed by atoms with Gasteiger partial charge >= 0.3 is 0 Å². The van der Waals surface area contributed by atoms with E-state index in [0.717, 1.165) is 43.6 Å². The highest BCUT2D eigenvalue weighted by Gasteiger charge is 2.27. The van der Waals surface area contributed by atoms with Crippen LogP contribution in [0.5, 0.6) is 0 Å². The standard InChI is InChI=1S/C19H24FN3OS/c1-2-16-17(25-19(21)22-16)18(24)23-11-5-6-13(12-23)9-10-14-7-3-4-8-15(14)20/h3-4,7-8,13H,2,5-6,9-12H2,1H3,(H2,21,22)/t13-/m1/s1. The van der Waals surface area contributed by atoms with Crippen molar-refractivity contribution in [3.8, 4) is 0 Å². The van der Waals surface area contributed by atoms with Gasteiger partial charge in [0.1, 0.15) is 10.7 Å². The van der Waals surface area contributed by atoms with E-state index in [4.69, 9.17) is 5.73 Å². The van der Waals surface area contributed by atoms with Crippen molar-refractivity contribution in [3.05, 3.63) is 46.2 Å². The van der Waals surface area contributed by atoms with E-state index in [1.165, 1.54) is 17.4 Å². The van der Waals surface area contributed by atoms with Gasteiger partial charge in [-0.25, -0.2) is 9.37 Å². The molecule has 0 saturated carbocycles. The first-order valence-electron chi connectivity index (χ1n) is 8.86. The second-order valence-corrected chi connectivity index (χ2v) is 7.60. The number of carbonyl (C=O) groups excluding carboxylic acids is 1. The minimum absolute atomic E-state index is 0.0432. The molecule has 0 bridgehead atoms. The number of carbonyl (C=O) groups is 1. The van der Waals surface area contributed by atoms with Crippen LogP contribution in [0.15, 0.2) is 24.3 Å². The van der Waals surface area contributed by atoms with Gasteiger partial charge in [-0.15, -0.1) is 0 Å². The van der Waals surface area contributed by atoms with Crippen LogP contribution in [0.2, 0.25) is 0 Å². The molecule has 1 amide bonds. The van der Waals surface area contributed by atoms with Gasteiger partial charge in [-0.05, 0) is 49.7 Å².